The van der Waals surface area contributed by atoms with Gasteiger partial charge in [-0.25, -0.2) is 0 Å². The van der Waals surface area contributed by atoms with Crippen molar-refractivity contribution in [3.63, 3.8) is 0 Å². The number of nitrogens with zero attached hydrogens (tertiary/aromatic N) is 2. The first-order valence-electron chi connectivity index (χ1n) is 7.70. The summed E-state index contributed by atoms with van der Waals surface area (Å²) in [6, 6.07) is 12.3. The maximum Gasteiger partial charge on any atom is 0.0722 e. The summed E-state index contributed by atoms with van der Waals surface area (Å²) in [6.07, 6.45) is 8.04. The molecule has 3 nitrogen and oxygen atoms in total. The van der Waals surface area contributed by atoms with Crippen molar-refractivity contribution >= 4 is 16.6 Å². The highest BCUT2D eigenvalue weighted by Gasteiger charge is 2.37. The maximum atomic E-state index is 6.24. The van der Waals surface area contributed by atoms with Gasteiger partial charge in [-0.05, 0) is 56.4 Å². The highest BCUT2D eigenvalue weighted by atomic mass is 15.2. The topological polar surface area (TPSA) is 42.1 Å². The van der Waals surface area contributed by atoms with Crippen LogP contribution in [0.3, 0.4) is 0 Å². The molecule has 2 aliphatic heterocycles. The summed E-state index contributed by atoms with van der Waals surface area (Å²) >= 11 is 0. The molecule has 2 bridgehead atoms. The largest absolute Gasteiger partial charge is 0.365 e. The van der Waals surface area contributed by atoms with E-state index < -0.39 is 0 Å². The molecule has 20 heavy (non-hydrogen) atoms. The van der Waals surface area contributed by atoms with E-state index >= 15 is 0 Å². The summed E-state index contributed by atoms with van der Waals surface area (Å²) in [6.45, 7) is 0. The predicted molar refractivity (Wildman–Crippen MR) is 82.9 cm³/mol. The van der Waals surface area contributed by atoms with Crippen LogP contribution in [0.1, 0.15) is 32.1 Å². The molecule has 1 aromatic carbocycles. The Balaban J connectivity index is 1.82. The SMILES string of the molecule is NC1CC2CCCC(C1)N2c1cccc2ncccc12. The molecule has 3 heterocycles. The molecule has 104 valence electrons. The minimum Gasteiger partial charge on any atom is -0.365 e. The van der Waals surface area contributed by atoms with Crippen LogP contribution in [-0.4, -0.2) is 23.1 Å². The predicted octanol–water partition coefficient (Wildman–Crippen LogP) is 3.08. The third-order valence-electron chi connectivity index (χ3n) is 4.91. The van der Waals surface area contributed by atoms with Crippen LogP contribution < -0.4 is 10.6 Å². The molecule has 2 fully saturated rings. The van der Waals surface area contributed by atoms with Crippen molar-refractivity contribution in [1.29, 1.82) is 0 Å². The fourth-order valence-corrected chi connectivity index (χ4v) is 4.13. The number of anilines is 1. The Morgan fingerprint density at radius 1 is 1.05 bits per heavy atom. The van der Waals surface area contributed by atoms with Gasteiger partial charge in [0, 0.05) is 35.4 Å². The monoisotopic (exact) mass is 267 g/mol. The lowest BCUT2D eigenvalue weighted by Gasteiger charge is -2.50. The molecule has 0 aliphatic carbocycles. The van der Waals surface area contributed by atoms with E-state index in [4.69, 9.17) is 5.73 Å². The molecule has 0 spiro atoms. The second-order valence-electron chi connectivity index (χ2n) is 6.22. The lowest BCUT2D eigenvalue weighted by molar-refractivity contribution is 0.272. The molecule has 0 amide bonds. The molecule has 2 aromatic rings. The summed E-state index contributed by atoms with van der Waals surface area (Å²) in [5, 5.41) is 1.28. The van der Waals surface area contributed by atoms with Crippen LogP contribution in [0.4, 0.5) is 5.69 Å². The van der Waals surface area contributed by atoms with E-state index in [2.05, 4.69) is 34.1 Å². The van der Waals surface area contributed by atoms with Gasteiger partial charge in [-0.15, -0.1) is 0 Å². The lowest BCUT2D eigenvalue weighted by atomic mass is 9.81. The van der Waals surface area contributed by atoms with Gasteiger partial charge in [-0.3, -0.25) is 4.98 Å². The van der Waals surface area contributed by atoms with Crippen LogP contribution in [0.5, 0.6) is 0 Å². The van der Waals surface area contributed by atoms with Crippen molar-refractivity contribution in [3.05, 3.63) is 36.5 Å². The average molecular weight is 267 g/mol. The van der Waals surface area contributed by atoms with Gasteiger partial charge in [0.25, 0.3) is 0 Å². The molecule has 0 saturated carbocycles. The minimum atomic E-state index is 0.384. The summed E-state index contributed by atoms with van der Waals surface area (Å²) in [5.41, 5.74) is 8.69. The van der Waals surface area contributed by atoms with Crippen LogP contribution in [0.25, 0.3) is 10.9 Å². The molecule has 2 unspecified atom stereocenters. The lowest BCUT2D eigenvalue weighted by Crippen LogP contribution is -2.55. The van der Waals surface area contributed by atoms with Crippen LogP contribution in [0, 0.1) is 0 Å². The van der Waals surface area contributed by atoms with Crippen LogP contribution in [-0.2, 0) is 0 Å². The number of hydrogen-bond donors (Lipinski definition) is 1. The van der Waals surface area contributed by atoms with E-state index in [9.17, 15) is 0 Å². The van der Waals surface area contributed by atoms with Gasteiger partial charge < -0.3 is 10.6 Å². The molecule has 2 saturated heterocycles. The zero-order valence-corrected chi connectivity index (χ0v) is 11.7. The Hall–Kier alpha value is -1.61. The van der Waals surface area contributed by atoms with E-state index in [1.54, 1.807) is 0 Å². The van der Waals surface area contributed by atoms with Gasteiger partial charge in [-0.1, -0.05) is 6.07 Å². The first-order valence-corrected chi connectivity index (χ1v) is 7.70. The first-order chi connectivity index (χ1) is 9.83. The third kappa shape index (κ3) is 1.88. The molecule has 2 aliphatic rings. The van der Waals surface area contributed by atoms with Crippen LogP contribution in [0.2, 0.25) is 0 Å². The summed E-state index contributed by atoms with van der Waals surface area (Å²) in [7, 11) is 0. The Labute approximate surface area is 119 Å². The number of benzene rings is 1. The minimum absolute atomic E-state index is 0.384. The summed E-state index contributed by atoms with van der Waals surface area (Å²) in [5.74, 6) is 0. The zero-order chi connectivity index (χ0) is 13.5. The zero-order valence-electron chi connectivity index (χ0n) is 11.7. The normalized spacial score (nSPS) is 29.6. The average Bonchev–Trinajstić information content (AvgIpc) is 2.46. The third-order valence-corrected chi connectivity index (χ3v) is 4.91. The number of aromatic nitrogens is 1. The number of rotatable bonds is 1. The fourth-order valence-electron chi connectivity index (χ4n) is 4.13. The molecule has 3 heteroatoms. The van der Waals surface area contributed by atoms with E-state index in [1.165, 1.54) is 30.3 Å². The van der Waals surface area contributed by atoms with Crippen molar-refractivity contribution < 1.29 is 0 Å². The number of hydrogen-bond acceptors (Lipinski definition) is 3. The van der Waals surface area contributed by atoms with E-state index in [-0.39, 0.29) is 0 Å². The van der Waals surface area contributed by atoms with Gasteiger partial charge in [-0.2, -0.15) is 0 Å². The smallest absolute Gasteiger partial charge is 0.0722 e. The second-order valence-corrected chi connectivity index (χ2v) is 6.22. The van der Waals surface area contributed by atoms with Gasteiger partial charge in [0.05, 0.1) is 5.52 Å². The van der Waals surface area contributed by atoms with Crippen molar-refractivity contribution in [2.45, 2.75) is 50.2 Å². The Morgan fingerprint density at radius 2 is 1.85 bits per heavy atom. The van der Waals surface area contributed by atoms with Gasteiger partial charge in [0.15, 0.2) is 0 Å². The molecule has 0 radical (unpaired) electrons. The van der Waals surface area contributed by atoms with Crippen molar-refractivity contribution in [2.75, 3.05) is 4.90 Å². The molecular formula is C17H21N3. The Kier molecular flexibility index (Phi) is 2.88. The Bertz CT molecular complexity index is 605. The van der Waals surface area contributed by atoms with Crippen molar-refractivity contribution in [1.82, 2.24) is 4.98 Å². The van der Waals surface area contributed by atoms with E-state index in [0.29, 0.717) is 18.1 Å². The van der Waals surface area contributed by atoms with Gasteiger partial charge in [0.1, 0.15) is 0 Å². The number of pyridine rings is 1. The van der Waals surface area contributed by atoms with E-state index in [0.717, 1.165) is 18.4 Å². The molecule has 4 rings (SSSR count). The highest BCUT2D eigenvalue weighted by molar-refractivity contribution is 5.92. The quantitative estimate of drug-likeness (QED) is 0.863. The van der Waals surface area contributed by atoms with Crippen molar-refractivity contribution in [2.24, 2.45) is 5.73 Å². The molecule has 2 atom stereocenters. The summed E-state index contributed by atoms with van der Waals surface area (Å²) < 4.78 is 0. The Morgan fingerprint density at radius 3 is 2.65 bits per heavy atom. The number of piperidine rings is 2. The number of fused-ring (bicyclic) bond motifs is 3. The van der Waals surface area contributed by atoms with Gasteiger partial charge >= 0.3 is 0 Å². The number of nitrogens with two attached hydrogens (primary N) is 1. The molecule has 1 aromatic heterocycles. The fraction of sp³-hybridized carbons (Fsp3) is 0.471. The van der Waals surface area contributed by atoms with Crippen LogP contribution >= 0.6 is 0 Å². The van der Waals surface area contributed by atoms with E-state index in [1.807, 2.05) is 12.3 Å². The summed E-state index contributed by atoms with van der Waals surface area (Å²) in [4.78, 5) is 7.14. The first kappa shape index (κ1) is 12.2. The maximum absolute atomic E-state index is 6.24. The molecule has 2 N–H and O–H groups in total. The standard InChI is InChI=1S/C17H21N3/c18-12-10-13-4-1-5-14(11-12)20(13)17-8-2-7-16-15(17)6-3-9-19-16/h2-3,6-9,12-14H,1,4-5,10-11,18H2. The van der Waals surface area contributed by atoms with Gasteiger partial charge in [0.2, 0.25) is 0 Å². The second kappa shape index (κ2) is 4.74. The van der Waals surface area contributed by atoms with Crippen molar-refractivity contribution in [3.8, 4) is 0 Å². The highest BCUT2D eigenvalue weighted by Crippen LogP contribution is 2.39. The molecular weight excluding hydrogens is 246 g/mol. The van der Waals surface area contributed by atoms with Crippen LogP contribution in [0.15, 0.2) is 36.5 Å².